The Bertz CT molecular complexity index is 1140. The number of ketones is 1. The second-order valence-corrected chi connectivity index (χ2v) is 8.23. The summed E-state index contributed by atoms with van der Waals surface area (Å²) < 4.78 is 0. The van der Waals surface area contributed by atoms with Gasteiger partial charge in [0, 0.05) is 6.42 Å². The highest BCUT2D eigenvalue weighted by molar-refractivity contribution is 6.59. The molecule has 0 bridgehead atoms. The molecule has 1 saturated heterocycles. The molecule has 1 fully saturated rings. The first-order valence-electron chi connectivity index (χ1n) is 8.97. The van der Waals surface area contributed by atoms with E-state index in [0.29, 0.717) is 5.84 Å². The number of aryl methyl sites for hydroxylation is 2. The molecule has 2 aliphatic rings. The average Bonchev–Trinajstić information content (AvgIpc) is 3.00. The van der Waals surface area contributed by atoms with Crippen LogP contribution in [0.15, 0.2) is 74.3 Å². The van der Waals surface area contributed by atoms with Crippen molar-refractivity contribution < 1.29 is 9.90 Å². The monoisotopic (exact) mass is 446 g/mol. The van der Waals surface area contributed by atoms with Crippen LogP contribution in [-0.2, 0) is 4.79 Å². The van der Waals surface area contributed by atoms with E-state index < -0.39 is 11.4 Å². The Balaban J connectivity index is 2.01. The lowest BCUT2D eigenvalue weighted by Gasteiger charge is -2.32. The molecule has 1 aliphatic carbocycles. The molecule has 4 rings (SSSR count). The molecule has 148 valence electrons. The quantitative estimate of drug-likeness (QED) is 0.643. The smallest absolute Gasteiger partial charge is 0.218 e. The zero-order chi connectivity index (χ0) is 20.9. The van der Waals surface area contributed by atoms with Gasteiger partial charge < -0.3 is 5.11 Å². The lowest BCUT2D eigenvalue weighted by molar-refractivity contribution is -0.111. The normalized spacial score (nSPS) is 23.3. The number of fused-ring (bicyclic) bond motifs is 1. The van der Waals surface area contributed by atoms with Crippen molar-refractivity contribution in [2.75, 3.05) is 4.90 Å². The van der Waals surface area contributed by atoms with Gasteiger partial charge in [-0.2, -0.15) is 0 Å². The average molecular weight is 448 g/mol. The summed E-state index contributed by atoms with van der Waals surface area (Å²) in [5.74, 6) is -0.102. The number of aliphatic hydroxyl groups is 1. The van der Waals surface area contributed by atoms with Crippen LogP contribution >= 0.6 is 34.8 Å². The van der Waals surface area contributed by atoms with Crippen LogP contribution in [0, 0.1) is 13.8 Å². The van der Waals surface area contributed by atoms with Crippen LogP contribution < -0.4 is 4.90 Å². The van der Waals surface area contributed by atoms with Gasteiger partial charge in [0.15, 0.2) is 5.60 Å². The maximum absolute atomic E-state index is 12.6. The van der Waals surface area contributed by atoms with Crippen molar-refractivity contribution >= 4 is 57.8 Å². The predicted molar refractivity (Wildman–Crippen MR) is 118 cm³/mol. The molecule has 4 nitrogen and oxygen atoms in total. The van der Waals surface area contributed by atoms with Crippen LogP contribution in [0.5, 0.6) is 0 Å². The van der Waals surface area contributed by atoms with Gasteiger partial charge in [-0.1, -0.05) is 71.2 Å². The summed E-state index contributed by atoms with van der Waals surface area (Å²) in [6.45, 7) is 3.88. The number of Topliss-reactive ketones (excluding diaryl/α,β-unsaturated/α-hetero) is 1. The number of rotatable bonds is 2. The highest BCUT2D eigenvalue weighted by Crippen LogP contribution is 2.51. The summed E-state index contributed by atoms with van der Waals surface area (Å²) in [4.78, 5) is 19.1. The lowest BCUT2D eigenvalue weighted by Crippen LogP contribution is -2.37. The van der Waals surface area contributed by atoms with E-state index in [-0.39, 0.29) is 27.2 Å². The number of aliphatic imine (C=N–C) groups is 1. The fourth-order valence-electron chi connectivity index (χ4n) is 3.64. The number of carbonyl (C=O) groups is 1. The Morgan fingerprint density at radius 2 is 1.59 bits per heavy atom. The highest BCUT2D eigenvalue weighted by atomic mass is 35.5. The molecule has 1 N–H and O–H groups in total. The van der Waals surface area contributed by atoms with Crippen LogP contribution in [0.4, 0.5) is 11.4 Å². The van der Waals surface area contributed by atoms with Crippen LogP contribution in [0.2, 0.25) is 0 Å². The molecule has 1 heterocycles. The van der Waals surface area contributed by atoms with Crippen molar-refractivity contribution in [2.45, 2.75) is 25.9 Å². The molecular formula is C22H17Cl3N2O2. The summed E-state index contributed by atoms with van der Waals surface area (Å²) in [7, 11) is 0. The molecule has 29 heavy (non-hydrogen) atoms. The zero-order valence-electron chi connectivity index (χ0n) is 15.7. The molecule has 1 unspecified atom stereocenters. The number of halogens is 3. The van der Waals surface area contributed by atoms with E-state index in [9.17, 15) is 9.90 Å². The third-order valence-corrected chi connectivity index (χ3v) is 6.48. The number of hydrogen-bond acceptors (Lipinski definition) is 3. The van der Waals surface area contributed by atoms with Crippen LogP contribution in [0.25, 0.3) is 0 Å². The first kappa shape index (κ1) is 20.2. The van der Waals surface area contributed by atoms with E-state index in [1.807, 2.05) is 62.4 Å². The molecule has 7 heteroatoms. The molecule has 1 aliphatic heterocycles. The molecule has 0 amide bonds. The summed E-state index contributed by atoms with van der Waals surface area (Å²) >= 11 is 18.9. The first-order chi connectivity index (χ1) is 13.8. The fourth-order valence-corrected chi connectivity index (χ4v) is 4.52. The number of benzene rings is 2. The number of amidine groups is 1. The molecular weight excluding hydrogens is 431 g/mol. The molecule has 0 spiro atoms. The maximum atomic E-state index is 12.6. The Kier molecular flexibility index (Phi) is 5.07. The van der Waals surface area contributed by atoms with E-state index in [2.05, 4.69) is 0 Å². The third kappa shape index (κ3) is 3.11. The van der Waals surface area contributed by atoms with Crippen LogP contribution in [0.3, 0.4) is 0 Å². The number of anilines is 1. The minimum Gasteiger partial charge on any atom is -0.377 e. The standard InChI is InChI=1S/C22H17Cl3N2O2/c1-12-7-3-5-9-14(12)26-16-11-22(29)20(25)17(23)19(28)18(24)21(22)27(16)15-10-6-4-8-13(15)2/h3-10,29H,11H2,1-2H3. The van der Waals surface area contributed by atoms with E-state index in [0.717, 1.165) is 22.5 Å². The van der Waals surface area contributed by atoms with Gasteiger partial charge in [-0.05, 0) is 37.1 Å². The molecule has 2 aromatic carbocycles. The molecule has 2 aromatic rings. The van der Waals surface area contributed by atoms with E-state index in [4.69, 9.17) is 39.8 Å². The van der Waals surface area contributed by atoms with Gasteiger partial charge in [0.05, 0.1) is 22.1 Å². The van der Waals surface area contributed by atoms with Crippen molar-refractivity contribution in [3.05, 3.63) is 80.5 Å². The molecule has 0 saturated carbocycles. The first-order valence-corrected chi connectivity index (χ1v) is 10.1. The summed E-state index contributed by atoms with van der Waals surface area (Å²) in [6.07, 6.45) is 0.0313. The number of allylic oxidation sites excluding steroid dienone is 2. The van der Waals surface area contributed by atoms with E-state index in [1.54, 1.807) is 4.90 Å². The van der Waals surface area contributed by atoms with Crippen molar-refractivity contribution in [1.29, 1.82) is 0 Å². The number of hydrogen-bond donors (Lipinski definition) is 1. The zero-order valence-corrected chi connectivity index (χ0v) is 18.0. The Hall–Kier alpha value is -2.11. The van der Waals surface area contributed by atoms with E-state index >= 15 is 0 Å². The largest absolute Gasteiger partial charge is 0.377 e. The fraction of sp³-hybridized carbons (Fsp3) is 0.182. The molecule has 1 atom stereocenters. The Morgan fingerprint density at radius 1 is 0.966 bits per heavy atom. The van der Waals surface area contributed by atoms with Gasteiger partial charge >= 0.3 is 0 Å². The van der Waals surface area contributed by atoms with Crippen molar-refractivity contribution in [3.8, 4) is 0 Å². The summed E-state index contributed by atoms with van der Waals surface area (Å²) in [5, 5.41) is 10.9. The Labute approximate surface area is 183 Å². The van der Waals surface area contributed by atoms with Gasteiger partial charge in [0.2, 0.25) is 5.78 Å². The minimum atomic E-state index is -1.73. The van der Waals surface area contributed by atoms with Gasteiger partial charge in [-0.3, -0.25) is 9.69 Å². The Morgan fingerprint density at radius 3 is 2.24 bits per heavy atom. The molecule has 0 radical (unpaired) electrons. The lowest BCUT2D eigenvalue weighted by atomic mass is 9.92. The second kappa shape index (κ2) is 7.29. The van der Waals surface area contributed by atoms with Gasteiger partial charge in [0.25, 0.3) is 0 Å². The topological polar surface area (TPSA) is 52.9 Å². The van der Waals surface area contributed by atoms with Crippen LogP contribution in [0.1, 0.15) is 17.5 Å². The summed E-state index contributed by atoms with van der Waals surface area (Å²) in [5.41, 5.74) is 1.85. The highest BCUT2D eigenvalue weighted by Gasteiger charge is 2.54. The number of carbonyl (C=O) groups excluding carboxylic acids is 1. The second-order valence-electron chi connectivity index (χ2n) is 7.09. The third-order valence-electron chi connectivity index (χ3n) is 5.17. The maximum Gasteiger partial charge on any atom is 0.218 e. The minimum absolute atomic E-state index is 0.0313. The molecule has 0 aromatic heterocycles. The van der Waals surface area contributed by atoms with Crippen molar-refractivity contribution in [2.24, 2.45) is 4.99 Å². The van der Waals surface area contributed by atoms with Crippen molar-refractivity contribution in [3.63, 3.8) is 0 Å². The van der Waals surface area contributed by atoms with Gasteiger partial charge in [-0.25, -0.2) is 4.99 Å². The SMILES string of the molecule is Cc1ccccc1N=C1CC2(O)C(Cl)=C(Cl)C(=O)C(Cl)=C2N1c1ccccc1C. The van der Waals surface area contributed by atoms with Gasteiger partial charge in [-0.15, -0.1) is 0 Å². The van der Waals surface area contributed by atoms with Crippen LogP contribution in [-0.4, -0.2) is 22.3 Å². The van der Waals surface area contributed by atoms with Gasteiger partial charge in [0.1, 0.15) is 15.9 Å². The summed E-state index contributed by atoms with van der Waals surface area (Å²) in [6, 6.07) is 15.2. The number of para-hydroxylation sites is 2. The van der Waals surface area contributed by atoms with E-state index in [1.165, 1.54) is 0 Å². The predicted octanol–water partition coefficient (Wildman–Crippen LogP) is 5.70. The number of nitrogens with zero attached hydrogens (tertiary/aromatic N) is 2. The van der Waals surface area contributed by atoms with Crippen molar-refractivity contribution in [1.82, 2.24) is 0 Å².